The number of ether oxygens (including phenoxy) is 2. The van der Waals surface area contributed by atoms with Gasteiger partial charge in [0.2, 0.25) is 0 Å². The average Bonchev–Trinajstić information content (AvgIpc) is 3.27. The highest BCUT2D eigenvalue weighted by molar-refractivity contribution is 6.33. The number of aryl methyl sites for hydroxylation is 2. The number of benzene rings is 1. The number of hydrogen-bond acceptors (Lipinski definition) is 9. The first kappa shape index (κ1) is 28.8. The zero-order valence-corrected chi connectivity index (χ0v) is 23.8. The molecule has 0 unspecified atom stereocenters. The molecule has 39 heavy (non-hydrogen) atoms. The predicted octanol–water partition coefficient (Wildman–Crippen LogP) is 4.36. The molecule has 1 aromatic carbocycles. The molecule has 1 saturated heterocycles. The number of aliphatic hydroxyl groups excluding tert-OH is 1. The number of likely N-dealkylation sites (N-methyl/N-ethyl adjacent to an activating group) is 1. The van der Waals surface area contributed by atoms with Gasteiger partial charge in [0.05, 0.1) is 29.1 Å². The molecule has 210 valence electrons. The lowest BCUT2D eigenvalue weighted by Crippen LogP contribution is -2.38. The lowest BCUT2D eigenvalue weighted by atomic mass is 9.90. The highest BCUT2D eigenvalue weighted by atomic mass is 35.5. The van der Waals surface area contributed by atoms with Gasteiger partial charge in [-0.05, 0) is 76.8 Å². The van der Waals surface area contributed by atoms with Crippen LogP contribution in [-0.4, -0.2) is 77.7 Å². The average molecular weight is 558 g/mol. The number of halogens is 1. The maximum Gasteiger partial charge on any atom is 0.409 e. The molecule has 1 aliphatic heterocycles. The van der Waals surface area contributed by atoms with E-state index in [1.54, 1.807) is 30.1 Å². The third kappa shape index (κ3) is 6.69. The zero-order chi connectivity index (χ0) is 28.1. The van der Waals surface area contributed by atoms with Gasteiger partial charge in [0.15, 0.2) is 5.82 Å². The number of amides is 1. The third-order valence-corrected chi connectivity index (χ3v) is 7.44. The van der Waals surface area contributed by atoms with Crippen LogP contribution < -0.4 is 10.1 Å². The first-order valence-electron chi connectivity index (χ1n) is 13.1. The van der Waals surface area contributed by atoms with E-state index in [-0.39, 0.29) is 12.7 Å². The quantitative estimate of drug-likeness (QED) is 0.395. The van der Waals surface area contributed by atoms with Crippen molar-refractivity contribution in [3.63, 3.8) is 0 Å². The first-order chi connectivity index (χ1) is 18.7. The van der Waals surface area contributed by atoms with Crippen LogP contribution in [0.15, 0.2) is 22.7 Å². The van der Waals surface area contributed by atoms with Gasteiger partial charge in [-0.1, -0.05) is 16.8 Å². The fraction of sp³-hybridized carbons (Fsp3) is 0.500. The van der Waals surface area contributed by atoms with Crippen molar-refractivity contribution in [2.24, 2.45) is 5.92 Å². The van der Waals surface area contributed by atoms with Crippen LogP contribution in [0, 0.1) is 26.7 Å². The Morgan fingerprint density at radius 2 is 2.00 bits per heavy atom. The maximum atomic E-state index is 11.9. The SMILES string of the molecule is CNC[C@@H](O)COc1ccc(Cl)c(-c2nc(CC3CCN(C(=O)OC)CC3)c(C)c(-c3c(C)noc3C)n2)c1. The minimum Gasteiger partial charge on any atom is -0.491 e. The summed E-state index contributed by atoms with van der Waals surface area (Å²) in [4.78, 5) is 23.6. The summed E-state index contributed by atoms with van der Waals surface area (Å²) in [6, 6.07) is 5.31. The maximum absolute atomic E-state index is 11.9. The number of methoxy groups -OCH3 is 1. The molecule has 1 amide bonds. The number of likely N-dealkylation sites (tertiary alicyclic amines) is 1. The van der Waals surface area contributed by atoms with Crippen LogP contribution in [0.2, 0.25) is 5.02 Å². The molecule has 0 saturated carbocycles. The molecule has 10 nitrogen and oxygen atoms in total. The van der Waals surface area contributed by atoms with E-state index >= 15 is 0 Å². The van der Waals surface area contributed by atoms with E-state index in [2.05, 4.69) is 10.5 Å². The Kier molecular flexibility index (Phi) is 9.42. The van der Waals surface area contributed by atoms with Gasteiger partial charge in [0.25, 0.3) is 0 Å². The van der Waals surface area contributed by atoms with E-state index in [0.29, 0.717) is 53.5 Å². The highest BCUT2D eigenvalue weighted by Crippen LogP contribution is 2.36. The molecule has 2 aromatic heterocycles. The van der Waals surface area contributed by atoms with Gasteiger partial charge in [-0.15, -0.1) is 0 Å². The largest absolute Gasteiger partial charge is 0.491 e. The van der Waals surface area contributed by atoms with Crippen molar-refractivity contribution in [3.05, 3.63) is 45.9 Å². The molecule has 3 aromatic rings. The van der Waals surface area contributed by atoms with Crippen LogP contribution in [0.4, 0.5) is 4.79 Å². The minimum atomic E-state index is -0.645. The van der Waals surface area contributed by atoms with Crippen molar-refractivity contribution in [1.29, 1.82) is 0 Å². The number of piperidine rings is 1. The van der Waals surface area contributed by atoms with Gasteiger partial charge in [-0.2, -0.15) is 0 Å². The summed E-state index contributed by atoms with van der Waals surface area (Å²) in [7, 11) is 3.18. The van der Waals surface area contributed by atoms with E-state index in [9.17, 15) is 9.90 Å². The Balaban J connectivity index is 1.70. The summed E-state index contributed by atoms with van der Waals surface area (Å²) in [5.74, 6) is 2.07. The molecule has 0 spiro atoms. The summed E-state index contributed by atoms with van der Waals surface area (Å²) in [5.41, 5.74) is 4.86. The van der Waals surface area contributed by atoms with E-state index < -0.39 is 6.10 Å². The summed E-state index contributed by atoms with van der Waals surface area (Å²) in [6.07, 6.45) is 1.51. The lowest BCUT2D eigenvalue weighted by Gasteiger charge is -2.31. The molecular weight excluding hydrogens is 522 g/mol. The molecular formula is C28H36ClN5O5. The summed E-state index contributed by atoms with van der Waals surface area (Å²) in [5, 5.41) is 17.6. The molecule has 3 heterocycles. The van der Waals surface area contributed by atoms with Gasteiger partial charge in [0, 0.05) is 30.9 Å². The van der Waals surface area contributed by atoms with E-state index in [0.717, 1.165) is 47.5 Å². The second kappa shape index (κ2) is 12.8. The van der Waals surface area contributed by atoms with E-state index in [1.807, 2.05) is 20.8 Å². The van der Waals surface area contributed by atoms with Crippen molar-refractivity contribution in [3.8, 4) is 28.4 Å². The third-order valence-electron chi connectivity index (χ3n) is 7.11. The molecule has 4 rings (SSSR count). The molecule has 0 aliphatic carbocycles. The van der Waals surface area contributed by atoms with Gasteiger partial charge >= 0.3 is 6.09 Å². The number of carbonyl (C=O) groups is 1. The van der Waals surface area contributed by atoms with Crippen molar-refractivity contribution >= 4 is 17.7 Å². The van der Waals surface area contributed by atoms with Crippen LogP contribution in [0.1, 0.15) is 35.6 Å². The van der Waals surface area contributed by atoms with Crippen LogP contribution >= 0.6 is 11.6 Å². The van der Waals surface area contributed by atoms with E-state index in [1.165, 1.54) is 7.11 Å². The number of nitrogens with one attached hydrogen (secondary N) is 1. The normalized spacial score (nSPS) is 14.9. The summed E-state index contributed by atoms with van der Waals surface area (Å²) >= 11 is 6.65. The first-order valence-corrected chi connectivity index (χ1v) is 13.5. The number of nitrogens with zero attached hydrogens (tertiary/aromatic N) is 4. The van der Waals surface area contributed by atoms with Crippen molar-refractivity contribution in [2.75, 3.05) is 40.4 Å². The Hall–Kier alpha value is -3.21. The molecule has 2 N–H and O–H groups in total. The molecule has 0 radical (unpaired) electrons. The van der Waals surface area contributed by atoms with Gasteiger partial charge in [-0.25, -0.2) is 14.8 Å². The van der Waals surface area contributed by atoms with Gasteiger partial charge in [0.1, 0.15) is 24.2 Å². The smallest absolute Gasteiger partial charge is 0.409 e. The van der Waals surface area contributed by atoms with Crippen LogP contribution in [0.5, 0.6) is 5.75 Å². The summed E-state index contributed by atoms with van der Waals surface area (Å²) < 4.78 is 16.2. The Morgan fingerprint density at radius 1 is 1.26 bits per heavy atom. The Labute approximate surface area is 233 Å². The Bertz CT molecular complexity index is 1290. The highest BCUT2D eigenvalue weighted by Gasteiger charge is 2.26. The van der Waals surface area contributed by atoms with Crippen molar-refractivity contribution < 1.29 is 23.9 Å². The second-order valence-corrected chi connectivity index (χ2v) is 10.3. The van der Waals surface area contributed by atoms with Crippen LogP contribution in [0.25, 0.3) is 22.6 Å². The van der Waals surface area contributed by atoms with Crippen molar-refractivity contribution in [2.45, 2.75) is 46.1 Å². The second-order valence-electron chi connectivity index (χ2n) is 9.94. The Morgan fingerprint density at radius 3 is 2.64 bits per heavy atom. The zero-order valence-electron chi connectivity index (χ0n) is 23.1. The van der Waals surface area contributed by atoms with E-state index in [4.69, 9.17) is 35.6 Å². The lowest BCUT2D eigenvalue weighted by molar-refractivity contribution is 0.106. The molecule has 1 atom stereocenters. The van der Waals surface area contributed by atoms with Crippen LogP contribution in [-0.2, 0) is 11.2 Å². The summed E-state index contributed by atoms with van der Waals surface area (Å²) in [6.45, 7) is 7.64. The molecule has 1 aliphatic rings. The number of carbonyl (C=O) groups excluding carboxylic acids is 1. The fourth-order valence-electron chi connectivity index (χ4n) is 4.92. The number of aromatic nitrogens is 3. The number of hydrogen-bond donors (Lipinski definition) is 2. The topological polar surface area (TPSA) is 123 Å². The predicted molar refractivity (Wildman–Crippen MR) is 148 cm³/mol. The number of aliphatic hydroxyl groups is 1. The fourth-order valence-corrected chi connectivity index (χ4v) is 5.12. The molecule has 1 fully saturated rings. The van der Waals surface area contributed by atoms with Crippen molar-refractivity contribution in [1.82, 2.24) is 25.3 Å². The van der Waals surface area contributed by atoms with Crippen LogP contribution in [0.3, 0.4) is 0 Å². The van der Waals surface area contributed by atoms with Gasteiger partial charge < -0.3 is 29.3 Å². The monoisotopic (exact) mass is 557 g/mol. The minimum absolute atomic E-state index is 0.135. The molecule has 11 heteroatoms. The van der Waals surface area contributed by atoms with Gasteiger partial charge in [-0.3, -0.25) is 0 Å². The molecule has 0 bridgehead atoms. The standard InChI is InChI=1S/C28H36ClN5O5/c1-16-24(12-19-8-10-34(11-9-19)28(36)37-5)31-27(32-26(16)25-17(2)33-39-18(25)3)22-13-21(6-7-23(22)29)38-15-20(35)14-30-4/h6-7,13,19-20,30,35H,8-12,14-15H2,1-5H3/t20-/m1/s1. The number of rotatable bonds is 9.